The van der Waals surface area contributed by atoms with Crippen molar-refractivity contribution < 1.29 is 14.3 Å². The maximum Gasteiger partial charge on any atom is 0.252 e. The number of fused-ring (bicyclic) bond motifs is 1. The molecule has 1 aliphatic rings. The Morgan fingerprint density at radius 1 is 1.21 bits per heavy atom. The Bertz CT molecular complexity index is 758. The average molecular weight is 326 g/mol. The molecule has 0 radical (unpaired) electrons. The van der Waals surface area contributed by atoms with E-state index in [-0.39, 0.29) is 11.9 Å². The zero-order valence-corrected chi connectivity index (χ0v) is 14.3. The van der Waals surface area contributed by atoms with E-state index in [0.29, 0.717) is 30.3 Å². The molecule has 1 N–H and O–H groups in total. The van der Waals surface area contributed by atoms with E-state index in [0.717, 1.165) is 23.4 Å². The highest BCUT2D eigenvalue weighted by molar-refractivity contribution is 5.96. The van der Waals surface area contributed by atoms with E-state index >= 15 is 0 Å². The predicted octanol–water partition coefficient (Wildman–Crippen LogP) is 3.35. The van der Waals surface area contributed by atoms with Crippen molar-refractivity contribution in [1.29, 1.82) is 0 Å². The second-order valence-corrected chi connectivity index (χ2v) is 5.95. The fraction of sp³-hybridized carbons (Fsp3) is 0.368. The third-order valence-corrected chi connectivity index (χ3v) is 4.11. The van der Waals surface area contributed by atoms with Crippen LogP contribution in [-0.4, -0.2) is 24.1 Å². The third-order valence-electron chi connectivity index (χ3n) is 4.11. The van der Waals surface area contributed by atoms with Crippen molar-refractivity contribution in [3.63, 3.8) is 0 Å². The number of ether oxygens (including phenoxy) is 2. The number of rotatable bonds is 4. The number of pyridine rings is 1. The zero-order valence-electron chi connectivity index (χ0n) is 14.3. The molecule has 1 aromatic heterocycles. The smallest absolute Gasteiger partial charge is 0.252 e. The highest BCUT2D eigenvalue weighted by atomic mass is 16.6. The van der Waals surface area contributed by atoms with Gasteiger partial charge in [0, 0.05) is 11.3 Å². The van der Waals surface area contributed by atoms with Crippen LogP contribution in [0.25, 0.3) is 0 Å². The lowest BCUT2D eigenvalue weighted by Crippen LogP contribution is -2.29. The molecule has 2 aromatic rings. The molecule has 126 valence electrons. The third kappa shape index (κ3) is 3.35. The normalized spacial score (nSPS) is 14.1. The summed E-state index contributed by atoms with van der Waals surface area (Å²) >= 11 is 0. The maximum absolute atomic E-state index is 12.7. The summed E-state index contributed by atoms with van der Waals surface area (Å²) in [5.74, 6) is 1.20. The van der Waals surface area contributed by atoms with Gasteiger partial charge in [0.2, 0.25) is 0 Å². The fourth-order valence-corrected chi connectivity index (χ4v) is 2.81. The lowest BCUT2D eigenvalue weighted by atomic mass is 10.0. The van der Waals surface area contributed by atoms with E-state index in [1.165, 1.54) is 0 Å². The monoisotopic (exact) mass is 326 g/mol. The van der Waals surface area contributed by atoms with Crippen LogP contribution in [0.1, 0.15) is 46.7 Å². The Labute approximate surface area is 142 Å². The number of nitrogens with one attached hydrogen (secondary N) is 1. The summed E-state index contributed by atoms with van der Waals surface area (Å²) in [6.45, 7) is 6.92. The molecule has 1 aromatic carbocycles. The number of carbonyl (C=O) groups is 1. The second kappa shape index (κ2) is 6.91. The Kier molecular flexibility index (Phi) is 4.69. The molecule has 1 amide bonds. The summed E-state index contributed by atoms with van der Waals surface area (Å²) in [6, 6.07) is 9.35. The molecular formula is C19H22N2O3. The first kappa shape index (κ1) is 16.3. The first-order valence-electron chi connectivity index (χ1n) is 8.23. The summed E-state index contributed by atoms with van der Waals surface area (Å²) in [5, 5.41) is 3.08. The van der Waals surface area contributed by atoms with Crippen LogP contribution in [0.2, 0.25) is 0 Å². The fourth-order valence-electron chi connectivity index (χ4n) is 2.81. The largest absolute Gasteiger partial charge is 0.486 e. The number of aryl methyl sites for hydroxylation is 2. The molecule has 1 aliphatic heterocycles. The van der Waals surface area contributed by atoms with Gasteiger partial charge in [-0.05, 0) is 50.1 Å². The number of hydrogen-bond acceptors (Lipinski definition) is 4. The molecule has 0 saturated carbocycles. The highest BCUT2D eigenvalue weighted by Crippen LogP contribution is 2.33. The van der Waals surface area contributed by atoms with Gasteiger partial charge in [-0.1, -0.05) is 13.0 Å². The highest BCUT2D eigenvalue weighted by Gasteiger charge is 2.20. The minimum Gasteiger partial charge on any atom is -0.486 e. The van der Waals surface area contributed by atoms with Crippen molar-refractivity contribution in [2.75, 3.05) is 13.2 Å². The van der Waals surface area contributed by atoms with Crippen molar-refractivity contribution in [2.24, 2.45) is 0 Å². The van der Waals surface area contributed by atoms with Crippen LogP contribution in [0, 0.1) is 13.8 Å². The van der Waals surface area contributed by atoms with Crippen LogP contribution < -0.4 is 14.8 Å². The molecule has 0 spiro atoms. The number of aromatic nitrogens is 1. The van der Waals surface area contributed by atoms with Crippen LogP contribution in [0.4, 0.5) is 0 Å². The van der Waals surface area contributed by atoms with Crippen LogP contribution in [-0.2, 0) is 0 Å². The lowest BCUT2D eigenvalue weighted by Gasteiger charge is -2.21. The van der Waals surface area contributed by atoms with Gasteiger partial charge in [-0.25, -0.2) is 0 Å². The molecule has 3 rings (SSSR count). The Morgan fingerprint density at radius 2 is 1.92 bits per heavy atom. The quantitative estimate of drug-likeness (QED) is 0.936. The first-order valence-corrected chi connectivity index (χ1v) is 8.23. The summed E-state index contributed by atoms with van der Waals surface area (Å²) in [7, 11) is 0. The van der Waals surface area contributed by atoms with Gasteiger partial charge in [0.05, 0.1) is 11.7 Å². The van der Waals surface area contributed by atoms with Gasteiger partial charge in [0.1, 0.15) is 13.2 Å². The molecule has 2 heterocycles. The number of hydrogen-bond donors (Lipinski definition) is 1. The van der Waals surface area contributed by atoms with Crippen molar-refractivity contribution in [3.05, 3.63) is 52.8 Å². The molecule has 0 saturated heterocycles. The topological polar surface area (TPSA) is 60.5 Å². The summed E-state index contributed by atoms with van der Waals surface area (Å²) in [4.78, 5) is 17.3. The van der Waals surface area contributed by atoms with Gasteiger partial charge >= 0.3 is 0 Å². The lowest BCUT2D eigenvalue weighted by molar-refractivity contribution is 0.0932. The molecule has 24 heavy (non-hydrogen) atoms. The van der Waals surface area contributed by atoms with Crippen molar-refractivity contribution in [3.8, 4) is 11.5 Å². The molecule has 5 nitrogen and oxygen atoms in total. The van der Waals surface area contributed by atoms with E-state index < -0.39 is 0 Å². The van der Waals surface area contributed by atoms with Gasteiger partial charge in [0.15, 0.2) is 11.5 Å². The second-order valence-electron chi connectivity index (χ2n) is 5.95. The van der Waals surface area contributed by atoms with Gasteiger partial charge in [-0.2, -0.15) is 0 Å². The van der Waals surface area contributed by atoms with E-state index in [2.05, 4.69) is 10.3 Å². The van der Waals surface area contributed by atoms with Crippen molar-refractivity contribution >= 4 is 5.91 Å². The van der Waals surface area contributed by atoms with E-state index in [9.17, 15) is 4.79 Å². The van der Waals surface area contributed by atoms with Gasteiger partial charge in [-0.15, -0.1) is 0 Å². The number of carbonyl (C=O) groups excluding carboxylic acids is 1. The number of benzene rings is 1. The Morgan fingerprint density at radius 3 is 2.58 bits per heavy atom. The minimum absolute atomic E-state index is 0.120. The van der Waals surface area contributed by atoms with Crippen LogP contribution in [0.3, 0.4) is 0 Å². The van der Waals surface area contributed by atoms with Crippen LogP contribution in [0.15, 0.2) is 30.3 Å². The number of amides is 1. The van der Waals surface area contributed by atoms with Crippen LogP contribution >= 0.6 is 0 Å². The summed E-state index contributed by atoms with van der Waals surface area (Å²) < 4.78 is 11.1. The first-order chi connectivity index (χ1) is 11.6. The van der Waals surface area contributed by atoms with Gasteiger partial charge in [0.25, 0.3) is 5.91 Å². The standard InChI is InChI=1S/C19H22N2O3/c1-4-15(16-7-5-6-13(3)20-16)21-19(22)14-11-18-17(10-12(14)2)23-8-9-24-18/h5-7,10-11,15H,4,8-9H2,1-3H3,(H,21,22)/t15-/m1/s1. The van der Waals surface area contributed by atoms with Gasteiger partial charge in [-0.3, -0.25) is 9.78 Å². The van der Waals surface area contributed by atoms with Crippen LogP contribution in [0.5, 0.6) is 11.5 Å². The van der Waals surface area contributed by atoms with E-state index in [1.807, 2.05) is 45.0 Å². The summed E-state index contributed by atoms with van der Waals surface area (Å²) in [5.41, 5.74) is 3.28. The van der Waals surface area contributed by atoms with Crippen molar-refractivity contribution in [1.82, 2.24) is 10.3 Å². The van der Waals surface area contributed by atoms with E-state index in [4.69, 9.17) is 9.47 Å². The summed E-state index contributed by atoms with van der Waals surface area (Å²) in [6.07, 6.45) is 0.770. The van der Waals surface area contributed by atoms with E-state index in [1.54, 1.807) is 6.07 Å². The molecule has 1 atom stereocenters. The zero-order chi connectivity index (χ0) is 17.1. The Hall–Kier alpha value is -2.56. The SMILES string of the molecule is CC[C@@H](NC(=O)c1cc2c(cc1C)OCCO2)c1cccc(C)n1. The molecule has 0 aliphatic carbocycles. The molecule has 0 bridgehead atoms. The molecule has 0 unspecified atom stereocenters. The molecule has 0 fully saturated rings. The molecular weight excluding hydrogens is 304 g/mol. The molecule has 5 heteroatoms. The number of nitrogens with zero attached hydrogens (tertiary/aromatic N) is 1. The van der Waals surface area contributed by atoms with Crippen molar-refractivity contribution in [2.45, 2.75) is 33.2 Å². The minimum atomic E-state index is -0.125. The van der Waals surface area contributed by atoms with Gasteiger partial charge < -0.3 is 14.8 Å². The maximum atomic E-state index is 12.7. The Balaban J connectivity index is 1.83. The predicted molar refractivity (Wildman–Crippen MR) is 91.6 cm³/mol. The average Bonchev–Trinajstić information content (AvgIpc) is 2.58.